The van der Waals surface area contributed by atoms with E-state index < -0.39 is 0 Å². The highest BCUT2D eigenvalue weighted by Crippen LogP contribution is 2.24. The summed E-state index contributed by atoms with van der Waals surface area (Å²) < 4.78 is 11.3. The number of rotatable bonds is 12. The lowest BCUT2D eigenvalue weighted by molar-refractivity contribution is -0.223. The van der Waals surface area contributed by atoms with Gasteiger partial charge in [-0.25, -0.2) is 10.9 Å². The highest BCUT2D eigenvalue weighted by Gasteiger charge is 2.27. The van der Waals surface area contributed by atoms with E-state index in [1.165, 1.54) is 0 Å². The summed E-state index contributed by atoms with van der Waals surface area (Å²) in [5, 5.41) is 12.3. The van der Waals surface area contributed by atoms with Crippen LogP contribution in [0.5, 0.6) is 0 Å². The minimum Gasteiger partial charge on any atom is -0.352 e. The summed E-state index contributed by atoms with van der Waals surface area (Å²) in [4.78, 5) is 22.4. The number of nitrogens with one attached hydrogen (secondary N) is 2. The van der Waals surface area contributed by atoms with Gasteiger partial charge in [-0.1, -0.05) is 26.7 Å². The molecule has 1 fully saturated rings. The van der Waals surface area contributed by atoms with Crippen LogP contribution in [0.1, 0.15) is 71.6 Å². The van der Waals surface area contributed by atoms with Crippen molar-refractivity contribution in [3.63, 3.8) is 0 Å². The number of unbranched alkanes of at least 4 members (excludes halogenated alkanes) is 4. The van der Waals surface area contributed by atoms with Gasteiger partial charge < -0.3 is 9.47 Å². The third-order valence-electron chi connectivity index (χ3n) is 4.06. The lowest BCUT2D eigenvalue weighted by atomic mass is 9.95. The molecule has 1 saturated heterocycles. The first-order valence-corrected chi connectivity index (χ1v) is 9.39. The molecular formula is C18H33N3O5. The Hall–Kier alpha value is -1.51. The zero-order valence-corrected chi connectivity index (χ0v) is 16.0. The fraction of sp³-hybridized carbons (Fsp3) is 0.833. The number of carbonyl (C=O) groups excluding carboxylic acids is 2. The van der Waals surface area contributed by atoms with Crippen molar-refractivity contribution in [2.24, 2.45) is 10.5 Å². The summed E-state index contributed by atoms with van der Waals surface area (Å²) in [6.07, 6.45) is 7.97. The van der Waals surface area contributed by atoms with Gasteiger partial charge in [0.25, 0.3) is 0 Å². The summed E-state index contributed by atoms with van der Waals surface area (Å²) in [5.41, 5.74) is 4.22. The number of carbonyl (C=O) groups is 2. The van der Waals surface area contributed by atoms with Crippen LogP contribution in [0.15, 0.2) is 5.10 Å². The molecule has 26 heavy (non-hydrogen) atoms. The molecule has 2 amide bonds. The molecule has 0 saturated carbocycles. The second-order valence-electron chi connectivity index (χ2n) is 7.44. The Morgan fingerprint density at radius 3 is 2.31 bits per heavy atom. The van der Waals surface area contributed by atoms with Gasteiger partial charge in [-0.3, -0.25) is 14.8 Å². The molecule has 0 aliphatic carbocycles. The minimum absolute atomic E-state index is 0.0936. The molecule has 0 radical (unpaired) electrons. The van der Waals surface area contributed by atoms with E-state index in [1.54, 1.807) is 11.7 Å². The largest absolute Gasteiger partial charge is 0.352 e. The van der Waals surface area contributed by atoms with Gasteiger partial charge in [0.2, 0.25) is 11.8 Å². The van der Waals surface area contributed by atoms with Gasteiger partial charge in [0.15, 0.2) is 6.29 Å². The van der Waals surface area contributed by atoms with E-state index in [0.717, 1.165) is 51.7 Å². The second-order valence-corrected chi connectivity index (χ2v) is 7.44. The highest BCUT2D eigenvalue weighted by atomic mass is 16.7. The number of hydrogen-bond acceptors (Lipinski definition) is 6. The lowest BCUT2D eigenvalue weighted by Gasteiger charge is -2.34. The highest BCUT2D eigenvalue weighted by molar-refractivity contribution is 5.76. The van der Waals surface area contributed by atoms with Crippen LogP contribution in [-0.2, 0) is 19.1 Å². The first-order chi connectivity index (χ1) is 12.4. The van der Waals surface area contributed by atoms with E-state index in [1.807, 2.05) is 0 Å². The monoisotopic (exact) mass is 371 g/mol. The van der Waals surface area contributed by atoms with Crippen LogP contribution in [0, 0.1) is 5.41 Å². The predicted molar refractivity (Wildman–Crippen MR) is 97.6 cm³/mol. The second kappa shape index (κ2) is 12.8. The first kappa shape index (κ1) is 22.5. The van der Waals surface area contributed by atoms with Crippen LogP contribution < -0.4 is 10.9 Å². The van der Waals surface area contributed by atoms with Crippen LogP contribution in [0.2, 0.25) is 0 Å². The average Bonchev–Trinajstić information content (AvgIpc) is 2.61. The van der Waals surface area contributed by atoms with Gasteiger partial charge in [-0.15, -0.1) is 0 Å². The van der Waals surface area contributed by atoms with Crippen LogP contribution in [0.4, 0.5) is 0 Å². The number of amides is 2. The molecule has 0 aromatic heterocycles. The summed E-state index contributed by atoms with van der Waals surface area (Å²) in [6, 6.07) is 0. The zero-order chi connectivity index (χ0) is 19.3. The summed E-state index contributed by atoms with van der Waals surface area (Å²) in [5.74, 6) is -0.474. The minimum atomic E-state index is -0.373. The van der Waals surface area contributed by atoms with Crippen molar-refractivity contribution in [1.29, 1.82) is 0 Å². The molecule has 0 aromatic rings. The number of hydroxylamine groups is 1. The topological polar surface area (TPSA) is 109 Å². The van der Waals surface area contributed by atoms with Gasteiger partial charge in [0.1, 0.15) is 0 Å². The van der Waals surface area contributed by atoms with Crippen molar-refractivity contribution in [3.05, 3.63) is 0 Å². The van der Waals surface area contributed by atoms with Gasteiger partial charge in [0, 0.05) is 24.5 Å². The SMILES string of the molecule is CC1(C)COC(CCC/C=N/NC(=O)CCCCCCC(=O)NO)OC1. The molecule has 1 rings (SSSR count). The fourth-order valence-electron chi connectivity index (χ4n) is 2.49. The maximum Gasteiger partial charge on any atom is 0.243 e. The Morgan fingerprint density at radius 2 is 1.69 bits per heavy atom. The maximum absolute atomic E-state index is 11.6. The van der Waals surface area contributed by atoms with E-state index in [0.29, 0.717) is 19.3 Å². The Kier molecular flexibility index (Phi) is 11.1. The van der Waals surface area contributed by atoms with E-state index in [4.69, 9.17) is 14.7 Å². The summed E-state index contributed by atoms with van der Waals surface area (Å²) in [7, 11) is 0. The van der Waals surface area contributed by atoms with Crippen molar-refractivity contribution >= 4 is 18.0 Å². The molecule has 150 valence electrons. The Bertz CT molecular complexity index is 444. The number of nitrogens with zero attached hydrogens (tertiary/aromatic N) is 1. The van der Waals surface area contributed by atoms with Crippen LogP contribution in [0.25, 0.3) is 0 Å². The number of hydrogen-bond donors (Lipinski definition) is 3. The van der Waals surface area contributed by atoms with E-state index in [-0.39, 0.29) is 23.5 Å². The quantitative estimate of drug-likeness (QED) is 0.211. The predicted octanol–water partition coefficient (Wildman–Crippen LogP) is 2.50. The van der Waals surface area contributed by atoms with Crippen molar-refractivity contribution in [1.82, 2.24) is 10.9 Å². The lowest BCUT2D eigenvalue weighted by Crippen LogP contribution is -2.37. The third kappa shape index (κ3) is 11.2. The number of hydrazone groups is 1. The van der Waals surface area contributed by atoms with E-state index in [2.05, 4.69) is 24.4 Å². The Morgan fingerprint density at radius 1 is 1.08 bits per heavy atom. The van der Waals surface area contributed by atoms with Crippen molar-refractivity contribution in [2.45, 2.75) is 77.9 Å². The van der Waals surface area contributed by atoms with Gasteiger partial charge in [0.05, 0.1) is 13.2 Å². The average molecular weight is 371 g/mol. The molecule has 1 aliphatic rings. The molecule has 8 heteroatoms. The van der Waals surface area contributed by atoms with Crippen molar-refractivity contribution < 1.29 is 24.3 Å². The molecule has 1 aliphatic heterocycles. The molecule has 0 aromatic carbocycles. The molecule has 1 heterocycles. The van der Waals surface area contributed by atoms with Gasteiger partial charge in [-0.2, -0.15) is 5.10 Å². The normalized spacial score (nSPS) is 17.3. The van der Waals surface area contributed by atoms with Gasteiger partial charge in [-0.05, 0) is 32.1 Å². The van der Waals surface area contributed by atoms with E-state index in [9.17, 15) is 9.59 Å². The molecule has 8 nitrogen and oxygen atoms in total. The molecule has 0 unspecified atom stereocenters. The van der Waals surface area contributed by atoms with Gasteiger partial charge >= 0.3 is 0 Å². The zero-order valence-electron chi connectivity index (χ0n) is 16.0. The smallest absolute Gasteiger partial charge is 0.243 e. The Balaban J connectivity index is 1.93. The maximum atomic E-state index is 11.6. The standard InChI is InChI=1S/C18H33N3O5/c1-18(2)13-25-17(26-14-18)11-7-8-12-19-20-15(22)9-5-3-4-6-10-16(23)21-24/h12,17,24H,3-11,13-14H2,1-2H3,(H,20,22)(H,21,23)/b19-12+. The van der Waals surface area contributed by atoms with E-state index >= 15 is 0 Å². The third-order valence-corrected chi connectivity index (χ3v) is 4.06. The Labute approximate surface area is 155 Å². The van der Waals surface area contributed by atoms with Crippen LogP contribution in [-0.4, -0.2) is 42.7 Å². The molecular weight excluding hydrogens is 338 g/mol. The summed E-state index contributed by atoms with van der Waals surface area (Å²) in [6.45, 7) is 5.68. The molecule has 0 atom stereocenters. The molecule has 3 N–H and O–H groups in total. The molecule has 0 bridgehead atoms. The van der Waals surface area contributed by atoms with Crippen molar-refractivity contribution in [3.8, 4) is 0 Å². The fourth-order valence-corrected chi connectivity index (χ4v) is 2.49. The molecule has 0 spiro atoms. The summed E-state index contributed by atoms with van der Waals surface area (Å²) >= 11 is 0. The number of ether oxygens (including phenoxy) is 2. The van der Waals surface area contributed by atoms with Crippen molar-refractivity contribution in [2.75, 3.05) is 13.2 Å². The first-order valence-electron chi connectivity index (χ1n) is 9.39. The van der Waals surface area contributed by atoms with Crippen LogP contribution in [0.3, 0.4) is 0 Å². The van der Waals surface area contributed by atoms with Crippen LogP contribution >= 0.6 is 0 Å².